The lowest BCUT2D eigenvalue weighted by Crippen LogP contribution is -2.32. The molecule has 0 aliphatic rings. The van der Waals surface area contributed by atoms with Gasteiger partial charge in [-0.2, -0.15) is 5.10 Å². The lowest BCUT2D eigenvalue weighted by atomic mass is 10.1. The first kappa shape index (κ1) is 26.0. The third kappa shape index (κ3) is 7.69. The van der Waals surface area contributed by atoms with E-state index < -0.39 is 11.8 Å². The summed E-state index contributed by atoms with van der Waals surface area (Å²) in [4.78, 5) is 36.5. The Morgan fingerprint density at radius 3 is 2.28 bits per heavy atom. The molecule has 0 radical (unpaired) electrons. The fourth-order valence-corrected chi connectivity index (χ4v) is 3.08. The van der Waals surface area contributed by atoms with Gasteiger partial charge in [0, 0.05) is 16.9 Å². The highest BCUT2D eigenvalue weighted by Gasteiger charge is 2.13. The molecule has 0 unspecified atom stereocenters. The summed E-state index contributed by atoms with van der Waals surface area (Å²) < 4.78 is 11.0. The van der Waals surface area contributed by atoms with E-state index in [0.29, 0.717) is 29.3 Å². The minimum atomic E-state index is -0.919. The first-order valence-electron chi connectivity index (χ1n) is 11.3. The topological polar surface area (TPSA) is 118 Å². The lowest BCUT2D eigenvalue weighted by Gasteiger charge is -2.10. The third-order valence-corrected chi connectivity index (χ3v) is 5.07. The van der Waals surface area contributed by atoms with E-state index in [1.54, 1.807) is 60.7 Å². The fourth-order valence-electron chi connectivity index (χ4n) is 3.08. The van der Waals surface area contributed by atoms with Gasteiger partial charge in [-0.3, -0.25) is 14.4 Å². The number of anilines is 2. The second-order valence-corrected chi connectivity index (χ2v) is 7.78. The molecule has 0 aromatic heterocycles. The molecule has 0 bridgehead atoms. The fraction of sp³-hybridized carbons (Fsp3) is 0.185. The number of hydrogen-bond donors (Lipinski definition) is 3. The van der Waals surface area contributed by atoms with Gasteiger partial charge >= 0.3 is 11.8 Å². The predicted octanol–water partition coefficient (Wildman–Crippen LogP) is 3.81. The molecule has 3 aromatic carbocycles. The maximum Gasteiger partial charge on any atom is 0.329 e. The number of carbonyl (C=O) groups is 3. The Balaban J connectivity index is 1.51. The molecule has 9 heteroatoms. The van der Waals surface area contributed by atoms with Crippen molar-refractivity contribution in [3.63, 3.8) is 0 Å². The van der Waals surface area contributed by atoms with Crippen LogP contribution in [-0.2, 0) is 14.4 Å². The normalized spacial score (nSPS) is 10.5. The minimum absolute atomic E-state index is 0.233. The Labute approximate surface area is 209 Å². The summed E-state index contributed by atoms with van der Waals surface area (Å²) in [6, 6.07) is 19.2. The molecule has 3 amide bonds. The zero-order chi connectivity index (χ0) is 25.9. The standard InChI is InChI=1S/C27H28N4O5/c1-4-35-23-13-11-21(12-14-23)29-25(32)17-36-24-8-6-5-7-20(24)16-28-31-27(34)26(33)30-22-10-9-18(2)19(3)15-22/h5-16H,4,17H2,1-3H3,(H,29,32)(H,30,33)(H,31,34)/b28-16-. The predicted molar refractivity (Wildman–Crippen MR) is 138 cm³/mol. The number of benzene rings is 3. The van der Waals surface area contributed by atoms with Gasteiger partial charge in [-0.15, -0.1) is 0 Å². The number of rotatable bonds is 9. The summed E-state index contributed by atoms with van der Waals surface area (Å²) in [5.41, 5.74) is 5.91. The highest BCUT2D eigenvalue weighted by Crippen LogP contribution is 2.18. The van der Waals surface area contributed by atoms with Crippen LogP contribution in [0.5, 0.6) is 11.5 Å². The maximum atomic E-state index is 12.3. The minimum Gasteiger partial charge on any atom is -0.494 e. The van der Waals surface area contributed by atoms with Crippen LogP contribution in [0.15, 0.2) is 71.8 Å². The van der Waals surface area contributed by atoms with Crippen molar-refractivity contribution < 1.29 is 23.9 Å². The van der Waals surface area contributed by atoms with Crippen LogP contribution in [-0.4, -0.2) is 37.1 Å². The van der Waals surface area contributed by atoms with Gasteiger partial charge in [-0.05, 0) is 80.4 Å². The van der Waals surface area contributed by atoms with Crippen LogP contribution in [0.25, 0.3) is 0 Å². The largest absolute Gasteiger partial charge is 0.494 e. The maximum absolute atomic E-state index is 12.3. The van der Waals surface area contributed by atoms with Crippen LogP contribution < -0.4 is 25.5 Å². The number of amides is 3. The van der Waals surface area contributed by atoms with Crippen molar-refractivity contribution in [2.45, 2.75) is 20.8 Å². The van der Waals surface area contributed by atoms with Gasteiger partial charge < -0.3 is 20.1 Å². The van der Waals surface area contributed by atoms with Crippen molar-refractivity contribution in [1.82, 2.24) is 5.43 Å². The molecule has 0 heterocycles. The first-order chi connectivity index (χ1) is 17.4. The average Bonchev–Trinajstić information content (AvgIpc) is 2.87. The lowest BCUT2D eigenvalue weighted by molar-refractivity contribution is -0.136. The highest BCUT2D eigenvalue weighted by molar-refractivity contribution is 6.39. The smallest absolute Gasteiger partial charge is 0.329 e. The number of ether oxygens (including phenoxy) is 2. The number of aryl methyl sites for hydroxylation is 2. The van der Waals surface area contributed by atoms with E-state index in [1.807, 2.05) is 26.8 Å². The van der Waals surface area contributed by atoms with E-state index in [4.69, 9.17) is 9.47 Å². The monoisotopic (exact) mass is 488 g/mol. The molecular formula is C27H28N4O5. The van der Waals surface area contributed by atoms with E-state index in [-0.39, 0.29) is 12.5 Å². The van der Waals surface area contributed by atoms with Crippen LogP contribution in [0.3, 0.4) is 0 Å². The van der Waals surface area contributed by atoms with Gasteiger partial charge in [-0.1, -0.05) is 18.2 Å². The van der Waals surface area contributed by atoms with Crippen LogP contribution >= 0.6 is 0 Å². The van der Waals surface area contributed by atoms with Crippen LogP contribution in [0.1, 0.15) is 23.6 Å². The molecule has 9 nitrogen and oxygen atoms in total. The van der Waals surface area contributed by atoms with Crippen molar-refractivity contribution in [3.8, 4) is 11.5 Å². The van der Waals surface area contributed by atoms with Crippen molar-refractivity contribution in [2.75, 3.05) is 23.8 Å². The van der Waals surface area contributed by atoms with Crippen LogP contribution in [0.4, 0.5) is 11.4 Å². The molecule has 0 saturated carbocycles. The summed E-state index contributed by atoms with van der Waals surface area (Å²) in [6.45, 7) is 6.10. The summed E-state index contributed by atoms with van der Waals surface area (Å²) in [5, 5.41) is 9.11. The zero-order valence-electron chi connectivity index (χ0n) is 20.3. The van der Waals surface area contributed by atoms with E-state index in [9.17, 15) is 14.4 Å². The summed E-state index contributed by atoms with van der Waals surface area (Å²) in [6.07, 6.45) is 1.33. The molecule has 0 spiro atoms. The first-order valence-corrected chi connectivity index (χ1v) is 11.3. The summed E-state index contributed by atoms with van der Waals surface area (Å²) in [5.74, 6) is -1.00. The molecule has 36 heavy (non-hydrogen) atoms. The second-order valence-electron chi connectivity index (χ2n) is 7.78. The van der Waals surface area contributed by atoms with E-state index >= 15 is 0 Å². The quantitative estimate of drug-likeness (QED) is 0.241. The molecule has 3 rings (SSSR count). The van der Waals surface area contributed by atoms with Gasteiger partial charge in [0.05, 0.1) is 12.8 Å². The number of nitrogens with one attached hydrogen (secondary N) is 3. The number of carbonyl (C=O) groups excluding carboxylic acids is 3. The Morgan fingerprint density at radius 1 is 0.833 bits per heavy atom. The van der Waals surface area contributed by atoms with E-state index in [1.165, 1.54) is 6.21 Å². The van der Waals surface area contributed by atoms with E-state index in [2.05, 4.69) is 21.2 Å². The molecule has 0 fully saturated rings. The number of hydrazone groups is 1. The third-order valence-electron chi connectivity index (χ3n) is 5.07. The highest BCUT2D eigenvalue weighted by atomic mass is 16.5. The molecule has 0 atom stereocenters. The Morgan fingerprint density at radius 2 is 1.56 bits per heavy atom. The van der Waals surface area contributed by atoms with Crippen LogP contribution in [0.2, 0.25) is 0 Å². The number of para-hydroxylation sites is 1. The van der Waals surface area contributed by atoms with Gasteiger partial charge in [-0.25, -0.2) is 5.43 Å². The summed E-state index contributed by atoms with van der Waals surface area (Å²) >= 11 is 0. The molecule has 186 valence electrons. The molecule has 0 aliphatic carbocycles. The summed E-state index contributed by atoms with van der Waals surface area (Å²) in [7, 11) is 0. The van der Waals surface area contributed by atoms with Crippen LogP contribution in [0, 0.1) is 13.8 Å². The molecule has 3 aromatic rings. The molecule has 0 saturated heterocycles. The van der Waals surface area contributed by atoms with Gasteiger partial charge in [0.1, 0.15) is 11.5 Å². The van der Waals surface area contributed by atoms with Crippen molar-refractivity contribution in [3.05, 3.63) is 83.4 Å². The average molecular weight is 489 g/mol. The van der Waals surface area contributed by atoms with Crippen molar-refractivity contribution in [1.29, 1.82) is 0 Å². The number of nitrogens with zero attached hydrogens (tertiary/aromatic N) is 1. The molecular weight excluding hydrogens is 460 g/mol. The van der Waals surface area contributed by atoms with Crippen molar-refractivity contribution >= 4 is 35.3 Å². The second kappa shape index (κ2) is 12.7. The van der Waals surface area contributed by atoms with Gasteiger partial charge in [0.15, 0.2) is 6.61 Å². The SMILES string of the molecule is CCOc1ccc(NC(=O)COc2ccccc2/C=N\NC(=O)C(=O)Nc2ccc(C)c(C)c2)cc1. The van der Waals surface area contributed by atoms with Gasteiger partial charge in [0.25, 0.3) is 5.91 Å². The van der Waals surface area contributed by atoms with Crippen molar-refractivity contribution in [2.24, 2.45) is 5.10 Å². The molecule has 0 aliphatic heterocycles. The molecule has 3 N–H and O–H groups in total. The van der Waals surface area contributed by atoms with Gasteiger partial charge in [0.2, 0.25) is 0 Å². The Bertz CT molecular complexity index is 1260. The Hall–Kier alpha value is -4.66. The number of hydrogen-bond acceptors (Lipinski definition) is 6. The van der Waals surface area contributed by atoms with E-state index in [0.717, 1.165) is 16.9 Å². The Kier molecular flexibility index (Phi) is 9.16. The zero-order valence-corrected chi connectivity index (χ0v) is 20.3.